The third-order valence-electron chi connectivity index (χ3n) is 0.178. The van der Waals surface area contributed by atoms with Crippen molar-refractivity contribution in [2.45, 2.75) is 4.47 Å². The highest BCUT2D eigenvalue weighted by Gasteiger charge is 1.84. The van der Waals surface area contributed by atoms with E-state index in [1.807, 2.05) is 0 Å². The zero-order valence-corrected chi connectivity index (χ0v) is 7.08. The van der Waals surface area contributed by atoms with Crippen LogP contribution < -0.4 is 0 Å². The largest absolute Gasteiger partial charge is 0.404 e. The van der Waals surface area contributed by atoms with Crippen LogP contribution in [0, 0.1) is 0 Å². The molecule has 0 fully saturated rings. The van der Waals surface area contributed by atoms with Gasteiger partial charge in [0.25, 0.3) is 0 Å². The Balaban J connectivity index is 2.54. The van der Waals surface area contributed by atoms with Gasteiger partial charge in [0.15, 0.2) is 4.47 Å². The summed E-state index contributed by atoms with van der Waals surface area (Å²) in [6, 6.07) is 0. The van der Waals surface area contributed by atoms with Crippen molar-refractivity contribution in [3.8, 4) is 0 Å². The Bertz CT molecular complexity index is 25.6. The van der Waals surface area contributed by atoms with Gasteiger partial charge in [-0.3, -0.25) is 0 Å². The highest BCUT2D eigenvalue weighted by molar-refractivity contribution is 9.10. The van der Waals surface area contributed by atoms with Crippen molar-refractivity contribution in [3.05, 3.63) is 0 Å². The van der Waals surface area contributed by atoms with E-state index in [1.165, 1.54) is 0 Å². The summed E-state index contributed by atoms with van der Waals surface area (Å²) >= 11 is 8.14. The average molecular weight is 175 g/mol. The summed E-state index contributed by atoms with van der Waals surface area (Å²) in [4.78, 5) is 0. The summed E-state index contributed by atoms with van der Waals surface area (Å²) in [5.41, 5.74) is 0. The molecular weight excluding hydrogens is 171 g/mol. The Kier molecular flexibility index (Phi) is 3.75. The van der Waals surface area contributed by atoms with Crippen LogP contribution in [-0.2, 0) is 4.43 Å². The molecule has 0 aliphatic heterocycles. The fourth-order valence-corrected chi connectivity index (χ4v) is 0. The smallest absolute Gasteiger partial charge is 0.176 e. The Morgan fingerprint density at radius 1 is 2.00 bits per heavy atom. The first-order chi connectivity index (χ1) is 2.27. The second-order valence-electron chi connectivity index (χ2n) is 0.496. The molecule has 0 bridgehead atoms. The lowest BCUT2D eigenvalue weighted by molar-refractivity contribution is 0.405. The van der Waals surface area contributed by atoms with Gasteiger partial charge in [0.2, 0.25) is 0 Å². The van der Waals surface area contributed by atoms with Crippen LogP contribution in [0.3, 0.4) is 0 Å². The minimum Gasteiger partial charge on any atom is -0.404 e. The van der Waals surface area contributed by atoms with E-state index in [9.17, 15) is 0 Å². The van der Waals surface area contributed by atoms with Gasteiger partial charge < -0.3 is 4.43 Å². The van der Waals surface area contributed by atoms with Crippen LogP contribution in [-0.4, -0.2) is 15.0 Å². The van der Waals surface area contributed by atoms with Crippen LogP contribution in [0.1, 0.15) is 0 Å². The molecule has 0 aromatic rings. The molecule has 4 heteroatoms. The maximum absolute atomic E-state index is 5.19. The second kappa shape index (κ2) is 3.15. The molecule has 0 spiro atoms. The molecule has 1 unspecified atom stereocenters. The van der Waals surface area contributed by atoms with Gasteiger partial charge >= 0.3 is 0 Å². The molecular formula is CH4BrClOSi. The normalized spacial score (nSPS) is 15.6. The molecule has 0 N–H and O–H groups in total. The number of alkyl halides is 2. The maximum Gasteiger partial charge on any atom is 0.176 e. The Labute approximate surface area is 47.3 Å². The van der Waals surface area contributed by atoms with E-state index >= 15 is 0 Å². The summed E-state index contributed by atoms with van der Waals surface area (Å²) in [5, 5.41) is 0. The van der Waals surface area contributed by atoms with Crippen molar-refractivity contribution in [1.82, 2.24) is 0 Å². The van der Waals surface area contributed by atoms with Crippen LogP contribution in [0.15, 0.2) is 0 Å². The zero-order valence-electron chi connectivity index (χ0n) is 2.74. The van der Waals surface area contributed by atoms with E-state index in [0.29, 0.717) is 10.5 Å². The van der Waals surface area contributed by atoms with E-state index < -0.39 is 0 Å². The molecule has 32 valence electrons. The van der Waals surface area contributed by atoms with Gasteiger partial charge in [0.05, 0.1) is 0 Å². The van der Waals surface area contributed by atoms with E-state index in [-0.39, 0.29) is 4.47 Å². The van der Waals surface area contributed by atoms with Crippen LogP contribution >= 0.6 is 27.5 Å². The van der Waals surface area contributed by atoms with Crippen LogP contribution in [0.2, 0.25) is 0 Å². The molecule has 1 atom stereocenters. The lowest BCUT2D eigenvalue weighted by atomic mass is 11.7. The Morgan fingerprint density at radius 3 is 2.20 bits per heavy atom. The lowest BCUT2D eigenvalue weighted by Crippen LogP contribution is -1.86. The predicted molar refractivity (Wildman–Crippen MR) is 29.6 cm³/mol. The summed E-state index contributed by atoms with van der Waals surface area (Å²) in [6.07, 6.45) is 0. The standard InChI is InChI=1S/CH4BrClOSi/c2-1(3)4-5/h1H,5H3. The van der Waals surface area contributed by atoms with Crippen molar-refractivity contribution >= 4 is 38.0 Å². The third kappa shape index (κ3) is 4.95. The maximum atomic E-state index is 5.19. The van der Waals surface area contributed by atoms with Gasteiger partial charge in [-0.2, -0.15) is 0 Å². The lowest BCUT2D eigenvalue weighted by Gasteiger charge is -1.90. The quantitative estimate of drug-likeness (QED) is 0.409. The fourth-order valence-electron chi connectivity index (χ4n) is 0. The molecule has 0 aliphatic carbocycles. The summed E-state index contributed by atoms with van der Waals surface area (Å²) in [6.45, 7) is 0. The van der Waals surface area contributed by atoms with Crippen molar-refractivity contribution in [3.63, 3.8) is 0 Å². The predicted octanol–water partition coefficient (Wildman–Crippen LogP) is 0.201. The van der Waals surface area contributed by atoms with Crippen molar-refractivity contribution < 1.29 is 4.43 Å². The molecule has 0 saturated heterocycles. The molecule has 0 heterocycles. The highest BCUT2D eigenvalue weighted by Crippen LogP contribution is 2.01. The minimum absolute atomic E-state index is 0.269. The summed E-state index contributed by atoms with van der Waals surface area (Å²) < 4.78 is 4.30. The number of hydrogen-bond acceptors (Lipinski definition) is 1. The van der Waals surface area contributed by atoms with E-state index in [1.54, 1.807) is 0 Å². The van der Waals surface area contributed by atoms with Crippen LogP contribution in [0.5, 0.6) is 0 Å². The number of hydrogen-bond donors (Lipinski definition) is 0. The molecule has 0 saturated carbocycles. The molecule has 0 aromatic heterocycles. The molecule has 1 nitrogen and oxygen atoms in total. The Hall–Kier alpha value is 0.947. The van der Waals surface area contributed by atoms with Crippen molar-refractivity contribution in [1.29, 1.82) is 0 Å². The molecule has 5 heavy (non-hydrogen) atoms. The summed E-state index contributed by atoms with van der Waals surface area (Å²) in [7, 11) is 0.695. The Morgan fingerprint density at radius 2 is 2.20 bits per heavy atom. The zero-order chi connectivity index (χ0) is 4.28. The van der Waals surface area contributed by atoms with Crippen molar-refractivity contribution in [2.24, 2.45) is 0 Å². The minimum atomic E-state index is -0.269. The van der Waals surface area contributed by atoms with Crippen molar-refractivity contribution in [2.75, 3.05) is 0 Å². The van der Waals surface area contributed by atoms with E-state index in [4.69, 9.17) is 11.6 Å². The third-order valence-corrected chi connectivity index (χ3v) is 2.19. The first-order valence-electron chi connectivity index (χ1n) is 1.08. The first-order valence-corrected chi connectivity index (χ1v) is 3.25. The average Bonchev–Trinajstić information content (AvgIpc) is 1.38. The molecule has 0 aliphatic rings. The number of rotatable bonds is 1. The second-order valence-corrected chi connectivity index (χ2v) is 2.72. The monoisotopic (exact) mass is 174 g/mol. The van der Waals surface area contributed by atoms with Gasteiger partial charge in [0, 0.05) is 0 Å². The topological polar surface area (TPSA) is 9.23 Å². The van der Waals surface area contributed by atoms with E-state index in [0.717, 1.165) is 0 Å². The number of halogens is 2. The van der Waals surface area contributed by atoms with E-state index in [2.05, 4.69) is 20.4 Å². The van der Waals surface area contributed by atoms with Gasteiger partial charge in [0.1, 0.15) is 10.5 Å². The van der Waals surface area contributed by atoms with Gasteiger partial charge in [-0.25, -0.2) is 0 Å². The van der Waals surface area contributed by atoms with Crippen LogP contribution in [0.25, 0.3) is 0 Å². The van der Waals surface area contributed by atoms with Crippen LogP contribution in [0.4, 0.5) is 0 Å². The molecule has 0 aromatic carbocycles. The molecule has 0 radical (unpaired) electrons. The highest BCUT2D eigenvalue weighted by atomic mass is 79.9. The SMILES string of the molecule is [SiH3]OC(Cl)Br. The van der Waals surface area contributed by atoms with Gasteiger partial charge in [-0.1, -0.05) is 11.6 Å². The van der Waals surface area contributed by atoms with Gasteiger partial charge in [-0.15, -0.1) is 0 Å². The summed E-state index contributed by atoms with van der Waals surface area (Å²) in [5.74, 6) is 0. The molecule has 0 amide bonds. The van der Waals surface area contributed by atoms with Gasteiger partial charge in [-0.05, 0) is 15.9 Å². The first kappa shape index (κ1) is 5.95. The molecule has 0 rings (SSSR count). The fraction of sp³-hybridized carbons (Fsp3) is 1.00.